The van der Waals surface area contributed by atoms with Gasteiger partial charge < -0.3 is 15.2 Å². The van der Waals surface area contributed by atoms with Gasteiger partial charge in [-0.2, -0.15) is 0 Å². The Balaban J connectivity index is 2.68. The fourth-order valence-electron chi connectivity index (χ4n) is 1.29. The number of carbonyl (C=O) groups is 2. The van der Waals surface area contributed by atoms with Gasteiger partial charge in [-0.05, 0) is 29.8 Å². The third-order valence-corrected chi connectivity index (χ3v) is 2.97. The molecule has 0 unspecified atom stereocenters. The van der Waals surface area contributed by atoms with E-state index in [4.69, 9.17) is 9.84 Å². The first-order chi connectivity index (χ1) is 9.02. The first-order valence-electron chi connectivity index (χ1n) is 5.57. The molecule has 19 heavy (non-hydrogen) atoms. The van der Waals surface area contributed by atoms with Crippen molar-refractivity contribution < 1.29 is 19.4 Å². The number of amides is 1. The lowest BCUT2D eigenvalue weighted by atomic mass is 10.2. The van der Waals surface area contributed by atoms with Crippen LogP contribution >= 0.6 is 15.9 Å². The average Bonchev–Trinajstić information content (AvgIpc) is 2.38. The van der Waals surface area contributed by atoms with Gasteiger partial charge in [-0.1, -0.05) is 15.9 Å². The molecule has 5 nitrogen and oxygen atoms in total. The van der Waals surface area contributed by atoms with E-state index in [1.165, 1.54) is 6.08 Å². The first kappa shape index (κ1) is 15.2. The second kappa shape index (κ2) is 7.58. The number of hydrogen-bond acceptors (Lipinski definition) is 3. The lowest BCUT2D eigenvalue weighted by Gasteiger charge is -2.07. The summed E-state index contributed by atoms with van der Waals surface area (Å²) in [5, 5.41) is 11.1. The summed E-state index contributed by atoms with van der Waals surface area (Å²) in [4.78, 5) is 21.5. The lowest BCUT2D eigenvalue weighted by molar-refractivity contribution is -0.131. The van der Waals surface area contributed by atoms with Crippen molar-refractivity contribution in [3.05, 3.63) is 34.3 Å². The Kier molecular flexibility index (Phi) is 6.08. The quantitative estimate of drug-likeness (QED) is 0.784. The van der Waals surface area contributed by atoms with Crippen LogP contribution in [0.2, 0.25) is 0 Å². The van der Waals surface area contributed by atoms with Crippen molar-refractivity contribution in [1.29, 1.82) is 0 Å². The van der Waals surface area contributed by atoms with Crippen LogP contribution in [0.4, 0.5) is 0 Å². The number of halogens is 1. The van der Waals surface area contributed by atoms with Crippen LogP contribution < -0.4 is 10.1 Å². The molecule has 0 bridgehead atoms. The monoisotopic (exact) mass is 327 g/mol. The zero-order valence-corrected chi connectivity index (χ0v) is 11.9. The van der Waals surface area contributed by atoms with E-state index in [0.717, 1.165) is 10.5 Å². The molecule has 0 radical (unpaired) electrons. The zero-order chi connectivity index (χ0) is 14.3. The molecule has 0 aromatic heterocycles. The molecule has 1 rings (SSSR count). The van der Waals surface area contributed by atoms with Crippen molar-refractivity contribution in [2.45, 2.75) is 6.42 Å². The first-order valence-corrected chi connectivity index (χ1v) is 6.36. The number of nitrogens with one attached hydrogen (secondary N) is 1. The molecule has 1 aromatic carbocycles. The third kappa shape index (κ3) is 5.56. The molecule has 0 saturated carbocycles. The molecule has 0 aliphatic carbocycles. The van der Waals surface area contributed by atoms with Crippen LogP contribution in [0.1, 0.15) is 12.0 Å². The van der Waals surface area contributed by atoms with Crippen LogP contribution in [0.15, 0.2) is 28.7 Å². The minimum Gasteiger partial charge on any atom is -0.493 e. The molecular formula is C13H14BrNO4. The van der Waals surface area contributed by atoms with Gasteiger partial charge in [0.05, 0.1) is 13.0 Å². The average molecular weight is 328 g/mol. The number of aliphatic carboxylic acids is 1. The number of carboxylic acids is 1. The van der Waals surface area contributed by atoms with E-state index in [-0.39, 0.29) is 18.9 Å². The van der Waals surface area contributed by atoms with Gasteiger partial charge in [0.1, 0.15) is 5.75 Å². The van der Waals surface area contributed by atoms with E-state index in [9.17, 15) is 9.59 Å². The molecule has 0 atom stereocenters. The highest BCUT2D eigenvalue weighted by Crippen LogP contribution is 2.23. The highest BCUT2D eigenvalue weighted by Gasteiger charge is 2.02. The Labute approximate surface area is 119 Å². The zero-order valence-electron chi connectivity index (χ0n) is 10.4. The van der Waals surface area contributed by atoms with Gasteiger partial charge in [-0.3, -0.25) is 4.79 Å². The van der Waals surface area contributed by atoms with E-state index in [0.29, 0.717) is 11.3 Å². The summed E-state index contributed by atoms with van der Waals surface area (Å²) in [6, 6.07) is 5.20. The second-order valence-electron chi connectivity index (χ2n) is 3.63. The minimum absolute atomic E-state index is 0.0943. The molecule has 0 aliphatic rings. The van der Waals surface area contributed by atoms with Gasteiger partial charge >= 0.3 is 5.97 Å². The van der Waals surface area contributed by atoms with Gasteiger partial charge in [-0.25, -0.2) is 4.79 Å². The summed E-state index contributed by atoms with van der Waals surface area (Å²) in [5.74, 6) is -0.530. The Morgan fingerprint density at radius 2 is 2.21 bits per heavy atom. The Morgan fingerprint density at radius 1 is 1.47 bits per heavy atom. The summed E-state index contributed by atoms with van der Waals surface area (Å²) in [6.45, 7) is 0.267. The summed E-state index contributed by atoms with van der Waals surface area (Å²) in [5.41, 5.74) is 0.694. The van der Waals surface area contributed by atoms with Crippen LogP contribution in [0.25, 0.3) is 6.08 Å². The van der Waals surface area contributed by atoms with Gasteiger partial charge in [0.15, 0.2) is 0 Å². The highest BCUT2D eigenvalue weighted by molar-refractivity contribution is 9.10. The van der Waals surface area contributed by atoms with Crippen molar-refractivity contribution >= 4 is 33.9 Å². The molecule has 0 aliphatic heterocycles. The largest absolute Gasteiger partial charge is 0.493 e. The summed E-state index contributed by atoms with van der Waals surface area (Å²) < 4.78 is 6.19. The number of rotatable bonds is 6. The van der Waals surface area contributed by atoms with Crippen LogP contribution in [-0.2, 0) is 9.59 Å². The van der Waals surface area contributed by atoms with Crippen LogP contribution in [0.3, 0.4) is 0 Å². The normalized spacial score (nSPS) is 10.4. The number of carbonyl (C=O) groups excluding carboxylic acids is 1. The SMILES string of the molecule is CNC(=O)CCOc1ccc(Br)c(/C=C/C(=O)O)c1. The van der Waals surface area contributed by atoms with Crippen molar-refractivity contribution in [2.75, 3.05) is 13.7 Å². The van der Waals surface area contributed by atoms with Crippen LogP contribution in [0.5, 0.6) is 5.75 Å². The molecule has 0 spiro atoms. The third-order valence-electron chi connectivity index (χ3n) is 2.25. The van der Waals surface area contributed by atoms with E-state index in [2.05, 4.69) is 21.2 Å². The molecular weight excluding hydrogens is 314 g/mol. The van der Waals surface area contributed by atoms with Crippen molar-refractivity contribution in [3.8, 4) is 5.75 Å². The smallest absolute Gasteiger partial charge is 0.328 e. The molecule has 0 saturated heterocycles. The van der Waals surface area contributed by atoms with Gasteiger partial charge in [0.2, 0.25) is 5.91 Å². The number of benzene rings is 1. The number of carboxylic acid groups (broad SMARTS) is 1. The molecule has 0 fully saturated rings. The standard InChI is InChI=1S/C13H14BrNO4/c1-15-12(16)6-7-19-10-3-4-11(14)9(8-10)2-5-13(17)18/h2-5,8H,6-7H2,1H3,(H,15,16)(H,17,18)/b5-2+. The molecule has 6 heteroatoms. The van der Waals surface area contributed by atoms with Gasteiger partial charge in [0, 0.05) is 17.6 Å². The van der Waals surface area contributed by atoms with Crippen molar-refractivity contribution in [3.63, 3.8) is 0 Å². The van der Waals surface area contributed by atoms with E-state index < -0.39 is 5.97 Å². The second-order valence-corrected chi connectivity index (χ2v) is 4.48. The molecule has 1 aromatic rings. The molecule has 1 amide bonds. The van der Waals surface area contributed by atoms with E-state index >= 15 is 0 Å². The van der Waals surface area contributed by atoms with Crippen molar-refractivity contribution in [1.82, 2.24) is 5.32 Å². The summed E-state index contributed by atoms with van der Waals surface area (Å²) in [7, 11) is 1.57. The molecule has 0 heterocycles. The number of hydrogen-bond donors (Lipinski definition) is 2. The highest BCUT2D eigenvalue weighted by atomic mass is 79.9. The van der Waals surface area contributed by atoms with Crippen LogP contribution in [0, 0.1) is 0 Å². The van der Waals surface area contributed by atoms with E-state index in [1.54, 1.807) is 25.2 Å². The summed E-state index contributed by atoms with van der Waals surface area (Å²) >= 11 is 3.32. The van der Waals surface area contributed by atoms with Crippen LogP contribution in [-0.4, -0.2) is 30.6 Å². The van der Waals surface area contributed by atoms with Gasteiger partial charge in [-0.15, -0.1) is 0 Å². The fourth-order valence-corrected chi connectivity index (χ4v) is 1.67. The Bertz CT molecular complexity index is 499. The summed E-state index contributed by atoms with van der Waals surface area (Å²) in [6.07, 6.45) is 2.79. The molecule has 2 N–H and O–H groups in total. The van der Waals surface area contributed by atoms with Gasteiger partial charge in [0.25, 0.3) is 0 Å². The van der Waals surface area contributed by atoms with E-state index in [1.807, 2.05) is 0 Å². The minimum atomic E-state index is -1.02. The molecule has 102 valence electrons. The van der Waals surface area contributed by atoms with Crippen molar-refractivity contribution in [2.24, 2.45) is 0 Å². The lowest BCUT2D eigenvalue weighted by Crippen LogP contribution is -2.20. The predicted octanol–water partition coefficient (Wildman–Crippen LogP) is 2.06. The Hall–Kier alpha value is -1.82. The number of ether oxygens (including phenoxy) is 1. The fraction of sp³-hybridized carbons (Fsp3) is 0.231. The topological polar surface area (TPSA) is 75.6 Å². The Morgan fingerprint density at radius 3 is 2.84 bits per heavy atom. The maximum atomic E-state index is 11.0. The maximum absolute atomic E-state index is 11.0. The predicted molar refractivity (Wildman–Crippen MR) is 75.0 cm³/mol. The maximum Gasteiger partial charge on any atom is 0.328 e.